The number of carbonyl (C=O) groups is 1. The van der Waals surface area contributed by atoms with Crippen molar-refractivity contribution in [1.82, 2.24) is 19.7 Å². The summed E-state index contributed by atoms with van der Waals surface area (Å²) in [5, 5.41) is 7.71. The molecule has 0 radical (unpaired) electrons. The van der Waals surface area contributed by atoms with E-state index in [1.165, 1.54) is 12.1 Å². The molecule has 6 nitrogen and oxygen atoms in total. The predicted octanol–water partition coefficient (Wildman–Crippen LogP) is 5.57. The fourth-order valence-corrected chi connectivity index (χ4v) is 5.91. The number of nitrogens with zero attached hydrogens (tertiary/aromatic N) is 4. The Kier molecular flexibility index (Phi) is 5.04. The number of hydrogen-bond donors (Lipinski definition) is 1. The molecule has 0 spiro atoms. The Hall–Kier alpha value is -3.92. The van der Waals surface area contributed by atoms with Gasteiger partial charge in [-0.3, -0.25) is 9.48 Å². The number of anilines is 1. The second kappa shape index (κ2) is 8.06. The van der Waals surface area contributed by atoms with Gasteiger partial charge < -0.3 is 10.6 Å². The summed E-state index contributed by atoms with van der Waals surface area (Å²) in [6, 6.07) is 11.8. The molecule has 0 saturated heterocycles. The number of nitrogen functional groups attached to an aromatic ring is 1. The van der Waals surface area contributed by atoms with Crippen molar-refractivity contribution < 1.29 is 18.0 Å². The number of aromatic nitrogens is 3. The highest BCUT2D eigenvalue weighted by atomic mass is 32.1. The van der Waals surface area contributed by atoms with Crippen molar-refractivity contribution in [2.45, 2.75) is 18.6 Å². The Morgan fingerprint density at radius 2 is 1.89 bits per heavy atom. The Morgan fingerprint density at radius 3 is 2.64 bits per heavy atom. The zero-order valence-corrected chi connectivity index (χ0v) is 19.9. The molecule has 1 aliphatic rings. The first-order valence-corrected chi connectivity index (χ1v) is 12.2. The van der Waals surface area contributed by atoms with Crippen LogP contribution < -0.4 is 5.73 Å². The van der Waals surface area contributed by atoms with E-state index < -0.39 is 17.8 Å². The molecular weight excluding hydrogens is 487 g/mol. The van der Waals surface area contributed by atoms with Crippen molar-refractivity contribution >= 4 is 44.9 Å². The van der Waals surface area contributed by atoms with Crippen LogP contribution in [0.1, 0.15) is 38.0 Å². The number of halogens is 3. The molecule has 1 atom stereocenters. The van der Waals surface area contributed by atoms with Gasteiger partial charge in [-0.25, -0.2) is 4.98 Å². The van der Waals surface area contributed by atoms with Crippen molar-refractivity contribution in [2.75, 3.05) is 12.3 Å². The molecule has 2 aromatic carbocycles. The normalized spacial score (nSPS) is 16.0. The van der Waals surface area contributed by atoms with Gasteiger partial charge in [-0.2, -0.15) is 18.3 Å². The van der Waals surface area contributed by atoms with Crippen LogP contribution >= 0.6 is 11.3 Å². The Labute approximate surface area is 207 Å². The van der Waals surface area contributed by atoms with Crippen LogP contribution in [0.25, 0.3) is 21.8 Å². The summed E-state index contributed by atoms with van der Waals surface area (Å²) >= 11 is 1.60. The second-order valence-electron chi connectivity index (χ2n) is 8.83. The third kappa shape index (κ3) is 3.51. The Morgan fingerprint density at radius 1 is 1.11 bits per heavy atom. The molecule has 10 heteroatoms. The topological polar surface area (TPSA) is 77.0 Å². The maximum absolute atomic E-state index is 13.9. The number of nitrogens with two attached hydrogens (primary N) is 1. The van der Waals surface area contributed by atoms with Crippen molar-refractivity contribution in [3.05, 3.63) is 87.2 Å². The molecule has 1 amide bonds. The molecule has 36 heavy (non-hydrogen) atoms. The zero-order valence-electron chi connectivity index (χ0n) is 19.1. The fraction of sp³-hybridized carbons (Fsp3) is 0.192. The maximum Gasteiger partial charge on any atom is 0.416 e. The number of amides is 1. The van der Waals surface area contributed by atoms with Gasteiger partial charge in [0.05, 0.1) is 34.2 Å². The van der Waals surface area contributed by atoms with Crippen LogP contribution in [-0.4, -0.2) is 32.1 Å². The van der Waals surface area contributed by atoms with Gasteiger partial charge in [-0.15, -0.1) is 11.3 Å². The smallest absolute Gasteiger partial charge is 0.383 e. The predicted molar refractivity (Wildman–Crippen MR) is 133 cm³/mol. The lowest BCUT2D eigenvalue weighted by atomic mass is 9.92. The van der Waals surface area contributed by atoms with E-state index >= 15 is 0 Å². The molecule has 4 heterocycles. The lowest BCUT2D eigenvalue weighted by Crippen LogP contribution is -2.40. The minimum atomic E-state index is -4.42. The van der Waals surface area contributed by atoms with Gasteiger partial charge in [-0.1, -0.05) is 12.1 Å². The SMILES string of the molecule is Cn1ncc2c(N)nc3ccc(C(=O)N4CCc5sccc5C4c4ccc(C(F)(F)F)cc4)cc3c21. The summed E-state index contributed by atoms with van der Waals surface area (Å²) in [5.74, 6) is 0.166. The molecule has 0 fully saturated rings. The molecule has 0 saturated carbocycles. The number of alkyl halides is 3. The number of pyridine rings is 1. The Bertz CT molecular complexity index is 1640. The number of aryl methyl sites for hydroxylation is 1. The highest BCUT2D eigenvalue weighted by molar-refractivity contribution is 7.10. The van der Waals surface area contributed by atoms with Crippen molar-refractivity contribution in [1.29, 1.82) is 0 Å². The van der Waals surface area contributed by atoms with Crippen molar-refractivity contribution in [2.24, 2.45) is 7.05 Å². The molecule has 182 valence electrons. The van der Waals surface area contributed by atoms with E-state index in [9.17, 15) is 18.0 Å². The fourth-order valence-electron chi connectivity index (χ4n) is 5.01. The quantitative estimate of drug-likeness (QED) is 0.339. The standard InChI is InChI=1S/C26H20F3N5OS/c1-33-23-18-12-15(4-7-20(18)32-24(30)19(23)13-31-33)25(35)34-10-8-21-17(9-11-36-21)22(34)14-2-5-16(6-3-14)26(27,28)29/h2-7,9,11-13,22H,8,10H2,1H3,(H2,30,32). The van der Waals surface area contributed by atoms with Crippen LogP contribution in [-0.2, 0) is 19.6 Å². The third-order valence-electron chi connectivity index (χ3n) is 6.73. The summed E-state index contributed by atoms with van der Waals surface area (Å²) in [5.41, 5.74) is 8.87. The molecule has 1 aliphatic heterocycles. The average molecular weight is 508 g/mol. The minimum Gasteiger partial charge on any atom is -0.383 e. The van der Waals surface area contributed by atoms with Gasteiger partial charge >= 0.3 is 6.18 Å². The van der Waals surface area contributed by atoms with Crippen LogP contribution in [0.15, 0.2) is 60.1 Å². The van der Waals surface area contributed by atoms with E-state index in [1.54, 1.807) is 52.4 Å². The third-order valence-corrected chi connectivity index (χ3v) is 7.73. The minimum absolute atomic E-state index is 0.203. The first-order valence-electron chi connectivity index (χ1n) is 11.3. The van der Waals surface area contributed by atoms with Gasteiger partial charge in [-0.05, 0) is 59.3 Å². The molecule has 6 rings (SSSR count). The van der Waals surface area contributed by atoms with Gasteiger partial charge in [0.2, 0.25) is 0 Å². The largest absolute Gasteiger partial charge is 0.416 e. The second-order valence-corrected chi connectivity index (χ2v) is 9.83. The summed E-state index contributed by atoms with van der Waals surface area (Å²) < 4.78 is 41.2. The number of thiophene rings is 1. The number of fused-ring (bicyclic) bond motifs is 4. The van der Waals surface area contributed by atoms with Crippen molar-refractivity contribution in [3.63, 3.8) is 0 Å². The molecule has 0 bridgehead atoms. The number of hydrogen-bond acceptors (Lipinski definition) is 5. The molecular formula is C26H20F3N5OS. The lowest BCUT2D eigenvalue weighted by Gasteiger charge is -2.36. The van der Waals surface area contributed by atoms with Crippen LogP contribution in [0.5, 0.6) is 0 Å². The van der Waals surface area contributed by atoms with E-state index in [2.05, 4.69) is 10.1 Å². The first-order chi connectivity index (χ1) is 17.2. The highest BCUT2D eigenvalue weighted by Crippen LogP contribution is 2.40. The average Bonchev–Trinajstić information content (AvgIpc) is 3.50. The van der Waals surface area contributed by atoms with Crippen LogP contribution in [0.4, 0.5) is 19.0 Å². The van der Waals surface area contributed by atoms with E-state index in [0.29, 0.717) is 40.8 Å². The lowest BCUT2D eigenvalue weighted by molar-refractivity contribution is -0.137. The molecule has 3 aromatic heterocycles. The van der Waals surface area contributed by atoms with Crippen molar-refractivity contribution in [3.8, 4) is 0 Å². The van der Waals surface area contributed by atoms with Crippen LogP contribution in [0.2, 0.25) is 0 Å². The van der Waals surface area contributed by atoms with E-state index in [0.717, 1.165) is 33.5 Å². The monoisotopic (exact) mass is 507 g/mol. The summed E-state index contributed by atoms with van der Waals surface area (Å²) in [7, 11) is 1.80. The number of rotatable bonds is 2. The van der Waals surface area contributed by atoms with Gasteiger partial charge in [0.1, 0.15) is 5.82 Å². The molecule has 0 aliphatic carbocycles. The number of benzene rings is 2. The summed E-state index contributed by atoms with van der Waals surface area (Å²) in [6.07, 6.45) is -2.09. The zero-order chi connectivity index (χ0) is 25.2. The molecule has 5 aromatic rings. The van der Waals surface area contributed by atoms with E-state index in [4.69, 9.17) is 5.73 Å². The van der Waals surface area contributed by atoms with Crippen LogP contribution in [0.3, 0.4) is 0 Å². The molecule has 1 unspecified atom stereocenters. The van der Waals surface area contributed by atoms with Gasteiger partial charge in [0.25, 0.3) is 5.91 Å². The van der Waals surface area contributed by atoms with E-state index in [-0.39, 0.29) is 5.91 Å². The van der Waals surface area contributed by atoms with Gasteiger partial charge in [0, 0.05) is 29.4 Å². The maximum atomic E-state index is 13.9. The Balaban J connectivity index is 1.45. The van der Waals surface area contributed by atoms with Crippen LogP contribution in [0, 0.1) is 0 Å². The van der Waals surface area contributed by atoms with Gasteiger partial charge in [0.15, 0.2) is 0 Å². The highest BCUT2D eigenvalue weighted by Gasteiger charge is 2.35. The summed E-state index contributed by atoms with van der Waals surface area (Å²) in [6.45, 7) is 0.456. The first kappa shape index (κ1) is 22.5. The number of carbonyl (C=O) groups excluding carboxylic acids is 1. The molecule has 2 N–H and O–H groups in total. The summed E-state index contributed by atoms with van der Waals surface area (Å²) in [4.78, 5) is 21.2. The van der Waals surface area contributed by atoms with E-state index in [1.807, 2.05) is 11.4 Å².